The molecule has 1 unspecified atom stereocenters. The topological polar surface area (TPSA) is 104 Å². The Labute approximate surface area is 157 Å². The SMILES string of the molecule is O=C(CCC(C(=O)O)N1C(=O)c2ccccc2C1=O)NC1CCCCCC1. The van der Waals surface area contributed by atoms with E-state index in [1.807, 2.05) is 0 Å². The van der Waals surface area contributed by atoms with Crippen molar-refractivity contribution in [2.24, 2.45) is 0 Å². The first-order valence-corrected chi connectivity index (χ1v) is 9.48. The summed E-state index contributed by atoms with van der Waals surface area (Å²) in [5.74, 6) is -2.75. The molecular weight excluding hydrogens is 348 g/mol. The molecule has 1 aliphatic carbocycles. The highest BCUT2D eigenvalue weighted by atomic mass is 16.4. The number of aliphatic carboxylic acids is 1. The third-order valence-electron chi connectivity index (χ3n) is 5.29. The molecule has 144 valence electrons. The Bertz CT molecular complexity index is 717. The van der Waals surface area contributed by atoms with E-state index in [4.69, 9.17) is 0 Å². The fraction of sp³-hybridized carbons (Fsp3) is 0.500. The molecule has 0 aromatic heterocycles. The van der Waals surface area contributed by atoms with Crippen LogP contribution in [0.5, 0.6) is 0 Å². The summed E-state index contributed by atoms with van der Waals surface area (Å²) in [6, 6.07) is 5.05. The molecule has 0 saturated heterocycles. The zero-order valence-electron chi connectivity index (χ0n) is 15.1. The second-order valence-electron chi connectivity index (χ2n) is 7.17. The number of hydrogen-bond donors (Lipinski definition) is 2. The Hall–Kier alpha value is -2.70. The standard InChI is InChI=1S/C20H24N2O5/c23-17(21-13-7-3-1-2-4-8-13)12-11-16(20(26)27)22-18(24)14-9-5-6-10-15(14)19(22)25/h5-6,9-10,13,16H,1-4,7-8,11-12H2,(H,21,23)(H,26,27). The number of imide groups is 1. The van der Waals surface area contributed by atoms with E-state index in [9.17, 15) is 24.3 Å². The number of carboxylic acid groups (broad SMARTS) is 1. The molecule has 1 heterocycles. The zero-order chi connectivity index (χ0) is 19.4. The van der Waals surface area contributed by atoms with Gasteiger partial charge in [0.1, 0.15) is 6.04 Å². The number of amides is 3. The van der Waals surface area contributed by atoms with Crippen LogP contribution in [0.15, 0.2) is 24.3 Å². The summed E-state index contributed by atoms with van der Waals surface area (Å²) in [4.78, 5) is 49.7. The number of benzene rings is 1. The van der Waals surface area contributed by atoms with Crippen LogP contribution in [-0.2, 0) is 9.59 Å². The smallest absolute Gasteiger partial charge is 0.326 e. The molecular formula is C20H24N2O5. The summed E-state index contributed by atoms with van der Waals surface area (Å²) in [6.45, 7) is 0. The van der Waals surface area contributed by atoms with Crippen LogP contribution in [0.1, 0.15) is 72.1 Å². The van der Waals surface area contributed by atoms with Crippen LogP contribution in [0.4, 0.5) is 0 Å². The Morgan fingerprint density at radius 1 is 1.04 bits per heavy atom. The van der Waals surface area contributed by atoms with E-state index < -0.39 is 23.8 Å². The van der Waals surface area contributed by atoms with E-state index in [0.29, 0.717) is 0 Å². The van der Waals surface area contributed by atoms with Crippen LogP contribution in [0.2, 0.25) is 0 Å². The van der Waals surface area contributed by atoms with Gasteiger partial charge in [-0.25, -0.2) is 4.79 Å². The maximum absolute atomic E-state index is 12.5. The third kappa shape index (κ3) is 4.18. The minimum absolute atomic E-state index is 0.0408. The first kappa shape index (κ1) is 19.1. The van der Waals surface area contributed by atoms with Crippen LogP contribution in [0, 0.1) is 0 Å². The summed E-state index contributed by atoms with van der Waals surface area (Å²) < 4.78 is 0. The second-order valence-corrected chi connectivity index (χ2v) is 7.17. The van der Waals surface area contributed by atoms with Crippen molar-refractivity contribution < 1.29 is 24.3 Å². The molecule has 1 saturated carbocycles. The van der Waals surface area contributed by atoms with Gasteiger partial charge in [-0.15, -0.1) is 0 Å². The largest absolute Gasteiger partial charge is 0.480 e. The number of rotatable bonds is 6. The molecule has 3 amide bonds. The molecule has 0 spiro atoms. The van der Waals surface area contributed by atoms with E-state index in [1.165, 1.54) is 25.0 Å². The monoisotopic (exact) mass is 372 g/mol. The van der Waals surface area contributed by atoms with Crippen molar-refractivity contribution in [2.45, 2.75) is 63.5 Å². The first-order valence-electron chi connectivity index (χ1n) is 9.48. The lowest BCUT2D eigenvalue weighted by atomic mass is 10.1. The van der Waals surface area contributed by atoms with Gasteiger partial charge in [-0.2, -0.15) is 0 Å². The Morgan fingerprint density at radius 2 is 1.59 bits per heavy atom. The Kier molecular flexibility index (Phi) is 5.88. The quantitative estimate of drug-likeness (QED) is 0.589. The van der Waals surface area contributed by atoms with E-state index >= 15 is 0 Å². The molecule has 27 heavy (non-hydrogen) atoms. The maximum Gasteiger partial charge on any atom is 0.326 e. The normalized spacial score (nSPS) is 18.7. The molecule has 1 fully saturated rings. The molecule has 1 aliphatic heterocycles. The Balaban J connectivity index is 1.63. The van der Waals surface area contributed by atoms with Gasteiger partial charge >= 0.3 is 5.97 Å². The average molecular weight is 372 g/mol. The number of nitrogens with one attached hydrogen (secondary N) is 1. The van der Waals surface area contributed by atoms with Crippen LogP contribution in [0.25, 0.3) is 0 Å². The van der Waals surface area contributed by atoms with Crippen molar-refractivity contribution in [3.63, 3.8) is 0 Å². The summed E-state index contributed by atoms with van der Waals surface area (Å²) >= 11 is 0. The molecule has 2 N–H and O–H groups in total. The van der Waals surface area contributed by atoms with Gasteiger partial charge in [-0.05, 0) is 31.4 Å². The lowest BCUT2D eigenvalue weighted by Crippen LogP contribution is -2.45. The minimum Gasteiger partial charge on any atom is -0.480 e. The van der Waals surface area contributed by atoms with Crippen molar-refractivity contribution >= 4 is 23.7 Å². The number of fused-ring (bicyclic) bond motifs is 1. The van der Waals surface area contributed by atoms with Gasteiger partial charge in [-0.3, -0.25) is 19.3 Å². The van der Waals surface area contributed by atoms with Crippen molar-refractivity contribution in [2.75, 3.05) is 0 Å². The number of nitrogens with zero attached hydrogens (tertiary/aromatic N) is 1. The van der Waals surface area contributed by atoms with E-state index in [0.717, 1.165) is 30.6 Å². The van der Waals surface area contributed by atoms with E-state index in [1.54, 1.807) is 12.1 Å². The van der Waals surface area contributed by atoms with Crippen LogP contribution < -0.4 is 5.32 Å². The molecule has 3 rings (SSSR count). The van der Waals surface area contributed by atoms with Crippen molar-refractivity contribution in [1.82, 2.24) is 10.2 Å². The van der Waals surface area contributed by atoms with E-state index in [-0.39, 0.29) is 35.9 Å². The molecule has 7 heteroatoms. The summed E-state index contributed by atoms with van der Waals surface area (Å²) in [5.41, 5.74) is 0.410. The van der Waals surface area contributed by atoms with Gasteiger partial charge < -0.3 is 10.4 Å². The summed E-state index contributed by atoms with van der Waals surface area (Å²) in [5, 5.41) is 12.5. The third-order valence-corrected chi connectivity index (χ3v) is 5.29. The van der Waals surface area contributed by atoms with E-state index in [2.05, 4.69) is 5.32 Å². The van der Waals surface area contributed by atoms with Crippen LogP contribution in [-0.4, -0.2) is 45.8 Å². The molecule has 1 aromatic rings. The van der Waals surface area contributed by atoms with Crippen LogP contribution in [0.3, 0.4) is 0 Å². The molecule has 0 radical (unpaired) electrons. The maximum atomic E-state index is 12.5. The zero-order valence-corrected chi connectivity index (χ0v) is 15.1. The van der Waals surface area contributed by atoms with Gasteiger partial charge in [-0.1, -0.05) is 37.8 Å². The predicted molar refractivity (Wildman–Crippen MR) is 97.2 cm³/mol. The molecule has 0 bridgehead atoms. The Morgan fingerprint density at radius 3 is 2.11 bits per heavy atom. The number of carboxylic acids is 1. The van der Waals surface area contributed by atoms with Crippen LogP contribution >= 0.6 is 0 Å². The fourth-order valence-corrected chi connectivity index (χ4v) is 3.85. The molecule has 1 aromatic carbocycles. The van der Waals surface area contributed by atoms with Crippen molar-refractivity contribution in [3.8, 4) is 0 Å². The van der Waals surface area contributed by atoms with Crippen molar-refractivity contribution in [3.05, 3.63) is 35.4 Å². The predicted octanol–water partition coefficient (Wildman–Crippen LogP) is 2.35. The summed E-state index contributed by atoms with van der Waals surface area (Å²) in [6.07, 6.45) is 6.25. The first-order chi connectivity index (χ1) is 13.0. The average Bonchev–Trinajstić information content (AvgIpc) is 2.82. The highest BCUT2D eigenvalue weighted by Crippen LogP contribution is 2.26. The van der Waals surface area contributed by atoms with Gasteiger partial charge in [0.05, 0.1) is 11.1 Å². The van der Waals surface area contributed by atoms with Crippen molar-refractivity contribution in [1.29, 1.82) is 0 Å². The second kappa shape index (κ2) is 8.33. The van der Waals surface area contributed by atoms with Gasteiger partial charge in [0, 0.05) is 12.5 Å². The lowest BCUT2D eigenvalue weighted by molar-refractivity contribution is -0.142. The van der Waals surface area contributed by atoms with Gasteiger partial charge in [0.25, 0.3) is 11.8 Å². The fourth-order valence-electron chi connectivity index (χ4n) is 3.85. The highest BCUT2D eigenvalue weighted by Gasteiger charge is 2.42. The summed E-state index contributed by atoms with van der Waals surface area (Å²) in [7, 11) is 0. The number of hydrogen-bond acceptors (Lipinski definition) is 4. The van der Waals surface area contributed by atoms with Gasteiger partial charge in [0.2, 0.25) is 5.91 Å². The minimum atomic E-state index is -1.35. The molecule has 1 atom stereocenters. The lowest BCUT2D eigenvalue weighted by Gasteiger charge is -2.23. The highest BCUT2D eigenvalue weighted by molar-refractivity contribution is 6.22. The number of carbonyl (C=O) groups is 4. The molecule has 7 nitrogen and oxygen atoms in total. The van der Waals surface area contributed by atoms with Gasteiger partial charge in [0.15, 0.2) is 0 Å². The number of carbonyl (C=O) groups excluding carboxylic acids is 3. The molecule has 2 aliphatic rings.